The van der Waals surface area contributed by atoms with Crippen LogP contribution in [0.25, 0.3) is 5.78 Å². The van der Waals surface area contributed by atoms with Crippen LogP contribution < -0.4 is 5.69 Å². The maximum Gasteiger partial charge on any atom is 0.344 e. The maximum atomic E-state index is 11.8. The monoisotopic (exact) mass is 323 g/mol. The molecule has 0 radical (unpaired) electrons. The smallest absolute Gasteiger partial charge is 0.267 e. The van der Waals surface area contributed by atoms with Crippen LogP contribution in [-0.2, 0) is 0 Å². The molecule has 0 aliphatic heterocycles. The van der Waals surface area contributed by atoms with Gasteiger partial charge in [-0.25, -0.2) is 9.89 Å². The molecular weight excluding hydrogens is 314 g/mol. The SMILES string of the molecule is Cc1c(Cl)nc2ncnn2c1Sc1n[nH]c(=O)n1C1CC1. The molecule has 0 saturated heterocycles. The number of nitrogens with zero attached hydrogens (tertiary/aromatic N) is 6. The average Bonchev–Trinajstić information content (AvgIpc) is 3.07. The second kappa shape index (κ2) is 4.57. The maximum absolute atomic E-state index is 11.8. The van der Waals surface area contributed by atoms with Crippen molar-refractivity contribution in [2.24, 2.45) is 0 Å². The van der Waals surface area contributed by atoms with E-state index in [0.29, 0.717) is 16.1 Å². The van der Waals surface area contributed by atoms with Gasteiger partial charge in [-0.2, -0.15) is 19.6 Å². The van der Waals surface area contributed by atoms with E-state index in [9.17, 15) is 4.79 Å². The van der Waals surface area contributed by atoms with Crippen molar-refractivity contribution in [1.82, 2.24) is 34.3 Å². The molecule has 1 saturated carbocycles. The minimum atomic E-state index is -0.187. The Balaban J connectivity index is 1.86. The summed E-state index contributed by atoms with van der Waals surface area (Å²) in [6, 6.07) is 0.239. The topological polar surface area (TPSA) is 93.8 Å². The summed E-state index contributed by atoms with van der Waals surface area (Å²) < 4.78 is 3.28. The van der Waals surface area contributed by atoms with Gasteiger partial charge in [0, 0.05) is 11.6 Å². The summed E-state index contributed by atoms with van der Waals surface area (Å²) in [5.41, 5.74) is 0.588. The zero-order valence-corrected chi connectivity index (χ0v) is 12.5. The van der Waals surface area contributed by atoms with Gasteiger partial charge < -0.3 is 0 Å². The van der Waals surface area contributed by atoms with Gasteiger partial charge in [-0.3, -0.25) is 4.57 Å². The first kappa shape index (κ1) is 12.8. The Labute approximate surface area is 127 Å². The summed E-state index contributed by atoms with van der Waals surface area (Å²) in [6.45, 7) is 1.85. The van der Waals surface area contributed by atoms with E-state index in [2.05, 4.69) is 25.3 Å². The molecule has 0 amide bonds. The molecule has 10 heteroatoms. The lowest BCUT2D eigenvalue weighted by Crippen LogP contribution is -2.16. The molecule has 3 aromatic heterocycles. The summed E-state index contributed by atoms with van der Waals surface area (Å²) >= 11 is 7.47. The molecule has 0 spiro atoms. The molecule has 0 atom stereocenters. The zero-order chi connectivity index (χ0) is 14.6. The van der Waals surface area contributed by atoms with Crippen molar-refractivity contribution in [3.05, 3.63) is 27.5 Å². The molecule has 21 heavy (non-hydrogen) atoms. The number of H-pyrrole nitrogens is 1. The third-order valence-electron chi connectivity index (χ3n) is 3.32. The molecule has 4 rings (SSSR count). The number of fused-ring (bicyclic) bond motifs is 1. The van der Waals surface area contributed by atoms with Crippen molar-refractivity contribution in [1.29, 1.82) is 0 Å². The number of aromatic amines is 1. The first-order valence-corrected chi connectivity index (χ1v) is 7.55. The molecule has 1 N–H and O–H groups in total. The fourth-order valence-electron chi connectivity index (χ4n) is 2.10. The van der Waals surface area contributed by atoms with E-state index in [1.165, 1.54) is 18.1 Å². The van der Waals surface area contributed by atoms with E-state index >= 15 is 0 Å². The predicted octanol–water partition coefficient (Wildman–Crippen LogP) is 1.46. The van der Waals surface area contributed by atoms with Crippen LogP contribution in [0.2, 0.25) is 5.15 Å². The van der Waals surface area contributed by atoms with E-state index in [-0.39, 0.29) is 11.7 Å². The minimum absolute atomic E-state index is 0.187. The van der Waals surface area contributed by atoms with Crippen LogP contribution in [0.3, 0.4) is 0 Å². The van der Waals surface area contributed by atoms with Crippen LogP contribution in [0.5, 0.6) is 0 Å². The molecule has 8 nitrogen and oxygen atoms in total. The lowest BCUT2D eigenvalue weighted by Gasteiger charge is -2.08. The van der Waals surface area contributed by atoms with Crippen molar-refractivity contribution >= 4 is 29.1 Å². The molecule has 0 bridgehead atoms. The first-order chi connectivity index (χ1) is 10.1. The minimum Gasteiger partial charge on any atom is -0.267 e. The van der Waals surface area contributed by atoms with Crippen LogP contribution in [0.1, 0.15) is 24.4 Å². The molecule has 1 aliphatic rings. The average molecular weight is 324 g/mol. The molecule has 0 aromatic carbocycles. The number of rotatable bonds is 3. The third kappa shape index (κ3) is 2.04. The third-order valence-corrected chi connectivity index (χ3v) is 4.83. The highest BCUT2D eigenvalue weighted by Gasteiger charge is 2.29. The van der Waals surface area contributed by atoms with E-state index < -0.39 is 0 Å². The van der Waals surface area contributed by atoms with Gasteiger partial charge >= 0.3 is 5.69 Å². The lowest BCUT2D eigenvalue weighted by atomic mass is 10.4. The van der Waals surface area contributed by atoms with Crippen LogP contribution >= 0.6 is 23.4 Å². The van der Waals surface area contributed by atoms with Gasteiger partial charge in [0.2, 0.25) is 0 Å². The number of hydrogen-bond acceptors (Lipinski definition) is 6. The number of hydrogen-bond donors (Lipinski definition) is 1. The van der Waals surface area contributed by atoms with Crippen LogP contribution in [0, 0.1) is 6.92 Å². The Morgan fingerprint density at radius 3 is 3.05 bits per heavy atom. The van der Waals surface area contributed by atoms with E-state index in [0.717, 1.165) is 23.4 Å². The lowest BCUT2D eigenvalue weighted by molar-refractivity contribution is 0.641. The molecular formula is C11H10ClN7OS. The highest BCUT2D eigenvalue weighted by Crippen LogP contribution is 2.38. The van der Waals surface area contributed by atoms with Gasteiger partial charge in [0.25, 0.3) is 5.78 Å². The van der Waals surface area contributed by atoms with E-state index in [1.807, 2.05) is 6.92 Å². The van der Waals surface area contributed by atoms with Crippen LogP contribution in [0.4, 0.5) is 0 Å². The zero-order valence-electron chi connectivity index (χ0n) is 10.9. The molecule has 3 aromatic rings. The second-order valence-corrected chi connectivity index (χ2v) is 6.13. The number of nitrogens with one attached hydrogen (secondary N) is 1. The highest BCUT2D eigenvalue weighted by atomic mass is 35.5. The summed E-state index contributed by atoms with van der Waals surface area (Å²) in [5.74, 6) is 0.420. The summed E-state index contributed by atoms with van der Waals surface area (Å²) in [7, 11) is 0. The van der Waals surface area contributed by atoms with Crippen molar-refractivity contribution < 1.29 is 0 Å². The predicted molar refractivity (Wildman–Crippen MR) is 75.8 cm³/mol. The van der Waals surface area contributed by atoms with Crippen molar-refractivity contribution in [2.75, 3.05) is 0 Å². The largest absolute Gasteiger partial charge is 0.344 e. The fraction of sp³-hybridized carbons (Fsp3) is 0.364. The Bertz CT molecular complexity index is 894. The summed E-state index contributed by atoms with van der Waals surface area (Å²) in [6.07, 6.45) is 3.42. The Kier molecular flexibility index (Phi) is 2.79. The standard InChI is InChI=1S/C11H10ClN7OS/c1-5-7(12)15-9-13-4-14-19(9)8(5)21-11-17-16-10(20)18(11)6-2-3-6/h4,6H,2-3H2,1H3,(H,16,20). The van der Waals surface area contributed by atoms with Gasteiger partial charge in [-0.15, -0.1) is 5.10 Å². The summed E-state index contributed by atoms with van der Waals surface area (Å²) in [4.78, 5) is 20.0. The number of halogens is 1. The van der Waals surface area contributed by atoms with E-state index in [4.69, 9.17) is 11.6 Å². The molecule has 1 fully saturated rings. The molecule has 108 valence electrons. The molecule has 3 heterocycles. The molecule has 1 aliphatic carbocycles. The van der Waals surface area contributed by atoms with Crippen LogP contribution in [0.15, 0.2) is 21.3 Å². The van der Waals surface area contributed by atoms with Crippen molar-refractivity contribution in [3.8, 4) is 0 Å². The van der Waals surface area contributed by atoms with Gasteiger partial charge in [-0.1, -0.05) is 11.6 Å². The highest BCUT2D eigenvalue weighted by molar-refractivity contribution is 7.99. The number of aromatic nitrogens is 7. The Hall–Kier alpha value is -1.87. The van der Waals surface area contributed by atoms with Crippen molar-refractivity contribution in [2.45, 2.75) is 36.0 Å². The first-order valence-electron chi connectivity index (χ1n) is 6.35. The van der Waals surface area contributed by atoms with Crippen LogP contribution in [-0.4, -0.2) is 34.3 Å². The van der Waals surface area contributed by atoms with Crippen molar-refractivity contribution in [3.63, 3.8) is 0 Å². The van der Waals surface area contributed by atoms with Gasteiger partial charge in [0.1, 0.15) is 16.5 Å². The Morgan fingerprint density at radius 1 is 1.48 bits per heavy atom. The fourth-order valence-corrected chi connectivity index (χ4v) is 3.38. The summed E-state index contributed by atoms with van der Waals surface area (Å²) in [5, 5.41) is 12.5. The normalized spacial score (nSPS) is 15.0. The van der Waals surface area contributed by atoms with Gasteiger partial charge in [-0.05, 0) is 31.5 Å². The quantitative estimate of drug-likeness (QED) is 0.733. The second-order valence-electron chi connectivity index (χ2n) is 4.82. The van der Waals surface area contributed by atoms with Gasteiger partial charge in [0.05, 0.1) is 0 Å². The Morgan fingerprint density at radius 2 is 2.29 bits per heavy atom. The van der Waals surface area contributed by atoms with E-state index in [1.54, 1.807) is 9.08 Å². The van der Waals surface area contributed by atoms with Gasteiger partial charge in [0.15, 0.2) is 5.16 Å². The molecule has 0 unspecified atom stereocenters.